The van der Waals surface area contributed by atoms with Gasteiger partial charge < -0.3 is 14.1 Å². The molecule has 0 unspecified atom stereocenters. The summed E-state index contributed by atoms with van der Waals surface area (Å²) in [6.45, 7) is 11.3. The fourth-order valence-corrected chi connectivity index (χ4v) is 11.2. The molecule has 2 aliphatic rings. The lowest BCUT2D eigenvalue weighted by atomic mass is 10.1. The molecule has 0 aliphatic carbocycles. The molecule has 6 rings (SSSR count). The minimum absolute atomic E-state index is 0.0248. The second-order valence-electron chi connectivity index (χ2n) is 12.2. The molecule has 0 spiro atoms. The number of ether oxygens (including phenoxy) is 1. The fraction of sp³-hybridized carbons (Fsp3) is 0.353. The molecule has 3 heterocycles. The summed E-state index contributed by atoms with van der Waals surface area (Å²) in [5.74, 6) is 1.46. The molecule has 2 aliphatic heterocycles. The van der Waals surface area contributed by atoms with Gasteiger partial charge in [-0.2, -0.15) is 0 Å². The Hall–Kier alpha value is -3.52. The van der Waals surface area contributed by atoms with E-state index in [1.165, 1.54) is 10.4 Å². The Labute approximate surface area is 245 Å². The van der Waals surface area contributed by atoms with Crippen LogP contribution in [0, 0.1) is 0 Å². The van der Waals surface area contributed by atoms with Crippen molar-refractivity contribution in [3.63, 3.8) is 0 Å². The van der Waals surface area contributed by atoms with Crippen molar-refractivity contribution in [1.29, 1.82) is 0 Å². The first kappa shape index (κ1) is 27.6. The number of rotatable bonds is 8. The summed E-state index contributed by atoms with van der Waals surface area (Å²) in [6.07, 6.45) is 4.78. The van der Waals surface area contributed by atoms with Crippen LogP contribution in [0.4, 0.5) is 5.95 Å². The van der Waals surface area contributed by atoms with Gasteiger partial charge in [-0.15, -0.1) is 0 Å². The SMILES string of the molecule is CC(C)(C)[Si](O[C@@H]1C[C@H]2CN(c3ncc(OCc4ccccc4)cn3)CCN2C1)(c1ccccc1)c1ccccc1. The van der Waals surface area contributed by atoms with Gasteiger partial charge in [0.25, 0.3) is 8.32 Å². The Morgan fingerprint density at radius 2 is 1.37 bits per heavy atom. The third-order valence-electron chi connectivity index (χ3n) is 8.48. The van der Waals surface area contributed by atoms with Crippen LogP contribution in [0.15, 0.2) is 103 Å². The van der Waals surface area contributed by atoms with Crippen LogP contribution in [0.25, 0.3) is 0 Å². The van der Waals surface area contributed by atoms with Gasteiger partial charge in [0, 0.05) is 32.2 Å². The topological polar surface area (TPSA) is 50.7 Å². The van der Waals surface area contributed by atoms with Gasteiger partial charge in [0.2, 0.25) is 5.95 Å². The zero-order valence-electron chi connectivity index (χ0n) is 24.3. The monoisotopic (exact) mass is 564 g/mol. The molecule has 2 fully saturated rings. The molecular formula is C34H40N4O2Si. The molecular weight excluding hydrogens is 524 g/mol. The van der Waals surface area contributed by atoms with Crippen LogP contribution in [0.2, 0.25) is 5.04 Å². The zero-order valence-corrected chi connectivity index (χ0v) is 25.3. The maximum atomic E-state index is 7.48. The molecule has 212 valence electrons. The number of hydrogen-bond acceptors (Lipinski definition) is 6. The van der Waals surface area contributed by atoms with Crippen molar-refractivity contribution >= 4 is 24.6 Å². The van der Waals surface area contributed by atoms with E-state index < -0.39 is 8.32 Å². The van der Waals surface area contributed by atoms with E-state index >= 15 is 0 Å². The van der Waals surface area contributed by atoms with Gasteiger partial charge in [-0.1, -0.05) is 112 Å². The summed E-state index contributed by atoms with van der Waals surface area (Å²) >= 11 is 0. The lowest BCUT2D eigenvalue weighted by Crippen LogP contribution is -2.67. The molecule has 2 atom stereocenters. The predicted molar refractivity (Wildman–Crippen MR) is 167 cm³/mol. The average Bonchev–Trinajstić information content (AvgIpc) is 3.41. The Kier molecular flexibility index (Phi) is 7.93. The molecule has 0 bridgehead atoms. The average molecular weight is 565 g/mol. The summed E-state index contributed by atoms with van der Waals surface area (Å²) in [6, 6.07) is 32.5. The molecule has 7 heteroatoms. The second-order valence-corrected chi connectivity index (χ2v) is 16.5. The van der Waals surface area contributed by atoms with Gasteiger partial charge in [0.05, 0.1) is 18.5 Å². The molecule has 2 saturated heterocycles. The second kappa shape index (κ2) is 11.8. The smallest absolute Gasteiger partial charge is 0.261 e. The number of hydrogen-bond donors (Lipinski definition) is 0. The maximum Gasteiger partial charge on any atom is 0.261 e. The molecule has 4 aromatic rings. The summed E-state index contributed by atoms with van der Waals surface area (Å²) in [7, 11) is -2.58. The molecule has 0 radical (unpaired) electrons. The van der Waals surface area contributed by atoms with E-state index in [4.69, 9.17) is 9.16 Å². The third-order valence-corrected chi connectivity index (χ3v) is 13.6. The van der Waals surface area contributed by atoms with Gasteiger partial charge >= 0.3 is 0 Å². The Morgan fingerprint density at radius 1 is 0.780 bits per heavy atom. The number of piperazine rings is 1. The van der Waals surface area contributed by atoms with E-state index in [0.717, 1.165) is 44.1 Å². The van der Waals surface area contributed by atoms with Gasteiger partial charge in [-0.25, -0.2) is 9.97 Å². The maximum absolute atomic E-state index is 7.48. The van der Waals surface area contributed by atoms with Crippen LogP contribution in [0.3, 0.4) is 0 Å². The van der Waals surface area contributed by atoms with Crippen molar-refractivity contribution in [2.45, 2.75) is 51.0 Å². The first-order chi connectivity index (χ1) is 19.9. The van der Waals surface area contributed by atoms with Crippen molar-refractivity contribution < 1.29 is 9.16 Å². The summed E-state index contributed by atoms with van der Waals surface area (Å²) in [5.41, 5.74) is 1.13. The standard InChI is InChI=1S/C34H40N4O2Si/c1-34(2,3)41(31-15-9-5-10-16-31,32-17-11-6-12-18-32)40-29-21-28-24-38(20-19-37(28)25-29)33-35-22-30(23-36-33)39-26-27-13-7-4-8-14-27/h4-18,22-23,28-29H,19-21,24-26H2,1-3H3/t28-,29+/m0/s1. The highest BCUT2D eigenvalue weighted by atomic mass is 28.4. The van der Waals surface area contributed by atoms with E-state index in [1.807, 2.05) is 18.2 Å². The van der Waals surface area contributed by atoms with E-state index in [9.17, 15) is 0 Å². The molecule has 3 aromatic carbocycles. The minimum atomic E-state index is -2.58. The fourth-order valence-electron chi connectivity index (χ4n) is 6.49. The summed E-state index contributed by atoms with van der Waals surface area (Å²) in [4.78, 5) is 14.3. The summed E-state index contributed by atoms with van der Waals surface area (Å²) < 4.78 is 13.4. The predicted octanol–water partition coefficient (Wildman–Crippen LogP) is 4.90. The van der Waals surface area contributed by atoms with Crippen LogP contribution in [0.5, 0.6) is 5.75 Å². The van der Waals surface area contributed by atoms with Crippen molar-refractivity contribution in [3.05, 3.63) is 109 Å². The Morgan fingerprint density at radius 3 is 1.95 bits per heavy atom. The number of fused-ring (bicyclic) bond motifs is 1. The van der Waals surface area contributed by atoms with Gasteiger partial charge in [-0.05, 0) is 27.4 Å². The highest BCUT2D eigenvalue weighted by Crippen LogP contribution is 2.39. The molecule has 1 aromatic heterocycles. The molecule has 6 nitrogen and oxygen atoms in total. The van der Waals surface area contributed by atoms with Crippen LogP contribution < -0.4 is 20.0 Å². The lowest BCUT2D eigenvalue weighted by Gasteiger charge is -2.44. The Bertz CT molecular complexity index is 1360. The van der Waals surface area contributed by atoms with Crippen LogP contribution in [0.1, 0.15) is 32.8 Å². The molecule has 0 amide bonds. The van der Waals surface area contributed by atoms with Crippen LogP contribution in [-0.2, 0) is 11.0 Å². The molecule has 41 heavy (non-hydrogen) atoms. The minimum Gasteiger partial charge on any atom is -0.486 e. The largest absolute Gasteiger partial charge is 0.486 e. The lowest BCUT2D eigenvalue weighted by molar-refractivity contribution is 0.182. The first-order valence-electron chi connectivity index (χ1n) is 14.7. The normalized spacial score (nSPS) is 19.6. The van der Waals surface area contributed by atoms with Gasteiger partial charge in [0.15, 0.2) is 5.75 Å². The van der Waals surface area contributed by atoms with Gasteiger partial charge in [0.1, 0.15) is 6.61 Å². The number of benzene rings is 3. The first-order valence-corrected chi connectivity index (χ1v) is 16.6. The van der Waals surface area contributed by atoms with Gasteiger partial charge in [-0.3, -0.25) is 4.90 Å². The van der Waals surface area contributed by atoms with Crippen molar-refractivity contribution in [2.75, 3.05) is 31.1 Å². The van der Waals surface area contributed by atoms with E-state index in [1.54, 1.807) is 12.4 Å². The number of anilines is 1. The van der Waals surface area contributed by atoms with Crippen LogP contribution >= 0.6 is 0 Å². The van der Waals surface area contributed by atoms with Crippen molar-refractivity contribution in [2.24, 2.45) is 0 Å². The molecule has 0 saturated carbocycles. The highest BCUT2D eigenvalue weighted by molar-refractivity contribution is 6.99. The number of aromatic nitrogens is 2. The third kappa shape index (κ3) is 5.80. The van der Waals surface area contributed by atoms with Crippen molar-refractivity contribution in [1.82, 2.24) is 14.9 Å². The quantitative estimate of drug-likeness (QED) is 0.284. The number of nitrogens with zero attached hydrogens (tertiary/aromatic N) is 4. The highest BCUT2D eigenvalue weighted by Gasteiger charge is 2.53. The molecule has 0 N–H and O–H groups in total. The summed E-state index contributed by atoms with van der Waals surface area (Å²) in [5, 5.41) is 2.66. The van der Waals surface area contributed by atoms with E-state index in [-0.39, 0.29) is 11.1 Å². The van der Waals surface area contributed by atoms with E-state index in [0.29, 0.717) is 18.4 Å². The van der Waals surface area contributed by atoms with Crippen LogP contribution in [-0.4, -0.2) is 61.5 Å². The van der Waals surface area contributed by atoms with E-state index in [2.05, 4.69) is 113 Å². The zero-order chi connectivity index (χ0) is 28.3. The Balaban J connectivity index is 1.16. The van der Waals surface area contributed by atoms with Crippen molar-refractivity contribution in [3.8, 4) is 5.75 Å².